The summed E-state index contributed by atoms with van der Waals surface area (Å²) in [7, 11) is 0. The van der Waals surface area contributed by atoms with E-state index < -0.39 is 28.5 Å². The fraction of sp³-hybridized carbons (Fsp3) is 0.810. The van der Waals surface area contributed by atoms with Crippen molar-refractivity contribution in [1.82, 2.24) is 0 Å². The van der Waals surface area contributed by atoms with E-state index in [0.29, 0.717) is 6.42 Å². The summed E-state index contributed by atoms with van der Waals surface area (Å²) in [5.41, 5.74) is -3.64. The fourth-order valence-electron chi connectivity index (χ4n) is 6.43. The topological polar surface area (TPSA) is 94.8 Å². The van der Waals surface area contributed by atoms with Gasteiger partial charge in [0.1, 0.15) is 5.60 Å². The van der Waals surface area contributed by atoms with Crippen LogP contribution in [0.15, 0.2) is 12.3 Å². The van der Waals surface area contributed by atoms with Crippen LogP contribution in [0, 0.1) is 35.0 Å². The number of allylic oxidation sites excluding steroid dienone is 1. The molecule has 0 aromatic carbocycles. The van der Waals surface area contributed by atoms with Crippen LogP contribution in [0.5, 0.6) is 0 Å². The third-order valence-electron chi connectivity index (χ3n) is 7.22. The van der Waals surface area contributed by atoms with Gasteiger partial charge >= 0.3 is 0 Å². The Kier molecular flexibility index (Phi) is 5.48. The Balaban J connectivity index is 2.71. The van der Waals surface area contributed by atoms with E-state index in [2.05, 4.69) is 0 Å². The van der Waals surface area contributed by atoms with Gasteiger partial charge in [-0.15, -0.1) is 0 Å². The lowest BCUT2D eigenvalue weighted by Gasteiger charge is -2.61. The molecule has 0 spiro atoms. The van der Waals surface area contributed by atoms with Gasteiger partial charge in [0, 0.05) is 23.3 Å². The van der Waals surface area contributed by atoms with Gasteiger partial charge < -0.3 is 15.3 Å². The standard InChI is InChI=1S/C21H34O5/c1-7-12(2)17-20(5,15(23)8-9-22)16-13(3)10-19(4,25)11-14(16)18(24)21(17,6)26/h8-9,12-14,16-17,22,25-26H,7,10-11H2,1-6H3/b9-8-/t12-,13-,14+,16?,17-,19-,20-,21+/m1/s1. The molecule has 148 valence electrons. The number of rotatable bonds is 4. The summed E-state index contributed by atoms with van der Waals surface area (Å²) in [5, 5.41) is 31.1. The van der Waals surface area contributed by atoms with Crippen molar-refractivity contribution in [3.05, 3.63) is 12.3 Å². The quantitative estimate of drug-likeness (QED) is 0.525. The maximum Gasteiger partial charge on any atom is 0.167 e. The molecule has 3 N–H and O–H groups in total. The molecule has 0 bridgehead atoms. The number of aliphatic hydroxyl groups is 3. The van der Waals surface area contributed by atoms with Gasteiger partial charge in [-0.3, -0.25) is 9.59 Å². The van der Waals surface area contributed by atoms with E-state index in [1.165, 1.54) is 6.92 Å². The minimum absolute atomic E-state index is 0.0504. The third kappa shape index (κ3) is 3.03. The molecule has 0 aromatic rings. The van der Waals surface area contributed by atoms with Crippen LogP contribution in [0.25, 0.3) is 0 Å². The van der Waals surface area contributed by atoms with E-state index >= 15 is 0 Å². The number of fused-ring (bicyclic) bond motifs is 1. The second-order valence-corrected chi connectivity index (χ2v) is 9.35. The zero-order valence-corrected chi connectivity index (χ0v) is 16.8. The summed E-state index contributed by atoms with van der Waals surface area (Å²) in [5.74, 6) is -2.05. The number of hydrogen-bond acceptors (Lipinski definition) is 5. The minimum Gasteiger partial charge on any atom is -0.515 e. The molecule has 0 saturated heterocycles. The summed E-state index contributed by atoms with van der Waals surface area (Å²) < 4.78 is 0. The molecule has 0 aliphatic heterocycles. The van der Waals surface area contributed by atoms with Crippen molar-refractivity contribution < 1.29 is 24.9 Å². The van der Waals surface area contributed by atoms with E-state index in [4.69, 9.17) is 0 Å². The molecule has 1 unspecified atom stereocenters. The van der Waals surface area contributed by atoms with Gasteiger partial charge in [0.2, 0.25) is 0 Å². The molecule has 0 radical (unpaired) electrons. The molecule has 5 nitrogen and oxygen atoms in total. The van der Waals surface area contributed by atoms with Gasteiger partial charge in [-0.1, -0.05) is 34.1 Å². The Bertz CT molecular complexity index is 606. The number of hydrogen-bond donors (Lipinski definition) is 3. The minimum atomic E-state index is -1.66. The van der Waals surface area contributed by atoms with Crippen LogP contribution in [0.4, 0.5) is 0 Å². The Hall–Kier alpha value is -1.20. The molecule has 0 aromatic heterocycles. The van der Waals surface area contributed by atoms with Gasteiger partial charge in [-0.25, -0.2) is 0 Å². The van der Waals surface area contributed by atoms with Crippen molar-refractivity contribution in [3.8, 4) is 0 Å². The largest absolute Gasteiger partial charge is 0.515 e. The highest BCUT2D eigenvalue weighted by atomic mass is 16.3. The van der Waals surface area contributed by atoms with Gasteiger partial charge in [0.15, 0.2) is 11.6 Å². The lowest BCUT2D eigenvalue weighted by atomic mass is 9.42. The molecule has 2 rings (SSSR count). The molecule has 0 amide bonds. The highest BCUT2D eigenvalue weighted by molar-refractivity contribution is 6.00. The predicted molar refractivity (Wildman–Crippen MR) is 99.5 cm³/mol. The molecular formula is C21H34O5. The summed E-state index contributed by atoms with van der Waals surface area (Å²) in [6, 6.07) is 0. The first kappa shape index (κ1) is 21.1. The second-order valence-electron chi connectivity index (χ2n) is 9.35. The Labute approximate surface area is 156 Å². The van der Waals surface area contributed by atoms with E-state index in [1.54, 1.807) is 6.92 Å². The molecule has 0 heterocycles. The van der Waals surface area contributed by atoms with Crippen molar-refractivity contribution in [3.63, 3.8) is 0 Å². The van der Waals surface area contributed by atoms with Crippen LogP contribution in [-0.4, -0.2) is 38.1 Å². The Morgan fingerprint density at radius 3 is 2.35 bits per heavy atom. The van der Waals surface area contributed by atoms with Crippen LogP contribution < -0.4 is 0 Å². The smallest absolute Gasteiger partial charge is 0.167 e. The molecule has 2 saturated carbocycles. The second kappa shape index (κ2) is 6.75. The zero-order chi connectivity index (χ0) is 20.1. The zero-order valence-electron chi connectivity index (χ0n) is 16.8. The molecular weight excluding hydrogens is 332 g/mol. The summed E-state index contributed by atoms with van der Waals surface area (Å²) in [6.07, 6.45) is 3.37. The normalized spacial score (nSPS) is 47.6. The van der Waals surface area contributed by atoms with Crippen LogP contribution in [0.2, 0.25) is 0 Å². The van der Waals surface area contributed by atoms with E-state index in [9.17, 15) is 24.9 Å². The maximum absolute atomic E-state index is 13.3. The lowest BCUT2D eigenvalue weighted by Crippen LogP contribution is -2.69. The summed E-state index contributed by atoms with van der Waals surface area (Å²) >= 11 is 0. The van der Waals surface area contributed by atoms with Crippen molar-refractivity contribution in [2.45, 2.75) is 72.0 Å². The first-order chi connectivity index (χ1) is 11.8. The van der Waals surface area contributed by atoms with Crippen molar-refractivity contribution in [2.24, 2.45) is 35.0 Å². The molecule has 2 fully saturated rings. The van der Waals surface area contributed by atoms with Crippen molar-refractivity contribution in [1.29, 1.82) is 0 Å². The van der Waals surface area contributed by atoms with Crippen LogP contribution in [0.3, 0.4) is 0 Å². The SMILES string of the molecule is CC[C@@H](C)[C@H]1[C@](C)(O)C(=O)[C@H]2C[C@](C)(O)C[C@@H](C)C2[C@@]1(C)C(=O)/C=C\O. The average Bonchev–Trinajstić information content (AvgIpc) is 2.50. The monoisotopic (exact) mass is 366 g/mol. The lowest BCUT2D eigenvalue weighted by molar-refractivity contribution is -0.203. The number of ketones is 2. The molecule has 26 heavy (non-hydrogen) atoms. The summed E-state index contributed by atoms with van der Waals surface area (Å²) in [6.45, 7) is 11.0. The van der Waals surface area contributed by atoms with Gasteiger partial charge in [-0.05, 0) is 44.4 Å². The number of carbonyl (C=O) groups is 2. The van der Waals surface area contributed by atoms with E-state index in [-0.39, 0.29) is 35.7 Å². The van der Waals surface area contributed by atoms with Crippen molar-refractivity contribution in [2.75, 3.05) is 0 Å². The highest BCUT2D eigenvalue weighted by Gasteiger charge is 2.67. The Morgan fingerprint density at radius 2 is 1.85 bits per heavy atom. The number of aliphatic hydroxyl groups excluding tert-OH is 1. The van der Waals surface area contributed by atoms with Gasteiger partial charge in [-0.2, -0.15) is 0 Å². The summed E-state index contributed by atoms with van der Waals surface area (Å²) in [4.78, 5) is 26.4. The van der Waals surface area contributed by atoms with Gasteiger partial charge in [0.25, 0.3) is 0 Å². The molecule has 5 heteroatoms. The van der Waals surface area contributed by atoms with E-state index in [0.717, 1.165) is 18.8 Å². The number of Topliss-reactive ketones (excluding diaryl/α,β-unsaturated/α-hetero) is 1. The fourth-order valence-corrected chi connectivity index (χ4v) is 6.43. The Morgan fingerprint density at radius 1 is 1.27 bits per heavy atom. The molecule has 8 atom stereocenters. The highest BCUT2D eigenvalue weighted by Crippen LogP contribution is 2.61. The van der Waals surface area contributed by atoms with Gasteiger partial charge in [0.05, 0.1) is 11.9 Å². The maximum atomic E-state index is 13.3. The first-order valence-electron chi connectivity index (χ1n) is 9.68. The van der Waals surface area contributed by atoms with Crippen LogP contribution in [0.1, 0.15) is 60.8 Å². The van der Waals surface area contributed by atoms with E-state index in [1.807, 2.05) is 27.7 Å². The van der Waals surface area contributed by atoms with Crippen LogP contribution >= 0.6 is 0 Å². The molecule has 2 aliphatic rings. The average molecular weight is 366 g/mol. The first-order valence-corrected chi connectivity index (χ1v) is 9.68. The molecule has 2 aliphatic carbocycles. The third-order valence-corrected chi connectivity index (χ3v) is 7.22. The predicted octanol–water partition coefficient (Wildman–Crippen LogP) is 3.04. The van der Waals surface area contributed by atoms with Crippen LogP contribution in [-0.2, 0) is 9.59 Å². The van der Waals surface area contributed by atoms with Crippen molar-refractivity contribution >= 4 is 11.6 Å². The number of carbonyl (C=O) groups excluding carboxylic acids is 2.